The van der Waals surface area contributed by atoms with E-state index < -0.39 is 0 Å². The molecule has 0 aromatic heterocycles. The largest absolute Gasteiger partial charge is 0.392 e. The van der Waals surface area contributed by atoms with Gasteiger partial charge in [-0.25, -0.2) is 0 Å². The Morgan fingerprint density at radius 1 is 1.50 bits per heavy atom. The van der Waals surface area contributed by atoms with E-state index in [0.29, 0.717) is 0 Å². The number of carbonyl (C=O) groups excluding carboxylic acids is 1. The number of allylic oxidation sites excluding steroid dienone is 3. The fourth-order valence-corrected chi connectivity index (χ4v) is 1.00. The van der Waals surface area contributed by atoms with E-state index in [0.717, 1.165) is 17.7 Å². The van der Waals surface area contributed by atoms with Crippen molar-refractivity contribution >= 4 is 6.41 Å². The zero-order valence-electron chi connectivity index (χ0n) is 7.24. The molecule has 0 aromatic rings. The maximum atomic E-state index is 10.6. The number of hydrogen-bond acceptors (Lipinski definition) is 2. The molecule has 1 rings (SSSR count). The van der Waals surface area contributed by atoms with Gasteiger partial charge in [0.15, 0.2) is 0 Å². The second kappa shape index (κ2) is 3.76. The van der Waals surface area contributed by atoms with Crippen molar-refractivity contribution in [2.24, 2.45) is 0 Å². The Hall–Kier alpha value is -1.51. The lowest BCUT2D eigenvalue weighted by Gasteiger charge is -2.17. The quantitative estimate of drug-likeness (QED) is 0.617. The highest BCUT2D eigenvalue weighted by Gasteiger charge is 2.06. The van der Waals surface area contributed by atoms with E-state index in [1.165, 1.54) is 4.90 Å². The van der Waals surface area contributed by atoms with Crippen LogP contribution in [0, 0.1) is 0 Å². The van der Waals surface area contributed by atoms with Gasteiger partial charge in [0.05, 0.1) is 5.70 Å². The van der Waals surface area contributed by atoms with Gasteiger partial charge in [0.1, 0.15) is 0 Å². The summed E-state index contributed by atoms with van der Waals surface area (Å²) in [4.78, 5) is 12.1. The number of nitrogens with one attached hydrogen (secondary N) is 1. The lowest BCUT2D eigenvalue weighted by Crippen LogP contribution is -2.17. The van der Waals surface area contributed by atoms with E-state index in [1.54, 1.807) is 19.4 Å². The zero-order valence-corrected chi connectivity index (χ0v) is 7.24. The van der Waals surface area contributed by atoms with Crippen LogP contribution in [0.25, 0.3) is 0 Å². The van der Waals surface area contributed by atoms with Crippen LogP contribution >= 0.6 is 0 Å². The van der Waals surface area contributed by atoms with Gasteiger partial charge in [-0.3, -0.25) is 9.69 Å². The number of amides is 1. The third-order valence-corrected chi connectivity index (χ3v) is 1.56. The first-order valence-electron chi connectivity index (χ1n) is 3.75. The molecule has 3 nitrogen and oxygen atoms in total. The van der Waals surface area contributed by atoms with E-state index >= 15 is 0 Å². The second-order valence-corrected chi connectivity index (χ2v) is 2.58. The van der Waals surface area contributed by atoms with Gasteiger partial charge in [0.25, 0.3) is 0 Å². The van der Waals surface area contributed by atoms with E-state index in [1.807, 2.05) is 19.1 Å². The molecule has 0 saturated carbocycles. The Morgan fingerprint density at radius 3 is 2.83 bits per heavy atom. The minimum absolute atomic E-state index is 0.788. The molecule has 0 aromatic carbocycles. The highest BCUT2D eigenvalue weighted by Crippen LogP contribution is 2.13. The summed E-state index contributed by atoms with van der Waals surface area (Å²) >= 11 is 0. The van der Waals surface area contributed by atoms with Crippen LogP contribution in [0.15, 0.2) is 35.8 Å². The first kappa shape index (κ1) is 8.59. The molecule has 64 valence electrons. The van der Waals surface area contributed by atoms with Gasteiger partial charge in [-0.05, 0) is 18.6 Å². The summed E-state index contributed by atoms with van der Waals surface area (Å²) < 4.78 is 0. The summed E-state index contributed by atoms with van der Waals surface area (Å²) in [6, 6.07) is 0. The molecule has 1 amide bonds. The summed E-state index contributed by atoms with van der Waals surface area (Å²) in [5.74, 6) is 0. The predicted molar refractivity (Wildman–Crippen MR) is 47.9 cm³/mol. The Bertz CT molecular complexity index is 264. The second-order valence-electron chi connectivity index (χ2n) is 2.58. The van der Waals surface area contributed by atoms with Gasteiger partial charge in [0, 0.05) is 19.4 Å². The molecular weight excluding hydrogens is 152 g/mol. The Morgan fingerprint density at radius 2 is 2.25 bits per heavy atom. The molecule has 0 saturated heterocycles. The summed E-state index contributed by atoms with van der Waals surface area (Å²) in [6.07, 6.45) is 8.20. The topological polar surface area (TPSA) is 32.3 Å². The molecule has 0 radical (unpaired) electrons. The highest BCUT2D eigenvalue weighted by molar-refractivity contribution is 5.57. The molecule has 1 aliphatic rings. The van der Waals surface area contributed by atoms with E-state index in [2.05, 4.69) is 5.32 Å². The third-order valence-electron chi connectivity index (χ3n) is 1.56. The Kier molecular flexibility index (Phi) is 2.69. The lowest BCUT2D eigenvalue weighted by molar-refractivity contribution is -0.114. The minimum Gasteiger partial charge on any atom is -0.392 e. The van der Waals surface area contributed by atoms with Crippen LogP contribution in [0.1, 0.15) is 6.92 Å². The molecule has 0 bridgehead atoms. The summed E-state index contributed by atoms with van der Waals surface area (Å²) in [7, 11) is 1.80. The monoisotopic (exact) mass is 164 g/mol. The Labute approximate surface area is 72.1 Å². The van der Waals surface area contributed by atoms with Crippen LogP contribution < -0.4 is 5.32 Å². The van der Waals surface area contributed by atoms with Crippen molar-refractivity contribution in [3.8, 4) is 0 Å². The number of hydrogen-bond donors (Lipinski definition) is 1. The predicted octanol–water partition coefficient (Wildman–Crippen LogP) is 0.979. The molecule has 0 atom stereocenters. The molecule has 0 fully saturated rings. The number of nitrogens with zero attached hydrogens (tertiary/aromatic N) is 1. The highest BCUT2D eigenvalue weighted by atomic mass is 16.1. The van der Waals surface area contributed by atoms with Crippen molar-refractivity contribution in [2.75, 3.05) is 7.05 Å². The molecule has 1 N–H and O–H groups in total. The van der Waals surface area contributed by atoms with Gasteiger partial charge in [-0.15, -0.1) is 0 Å². The third kappa shape index (κ3) is 1.75. The van der Waals surface area contributed by atoms with Gasteiger partial charge in [0.2, 0.25) is 6.41 Å². The summed E-state index contributed by atoms with van der Waals surface area (Å²) in [5, 5.41) is 2.87. The lowest BCUT2D eigenvalue weighted by atomic mass is 10.2. The summed E-state index contributed by atoms with van der Waals surface area (Å²) in [5.41, 5.74) is 1.91. The first-order chi connectivity index (χ1) is 5.77. The number of rotatable bonds is 2. The van der Waals surface area contributed by atoms with E-state index in [4.69, 9.17) is 0 Å². The smallest absolute Gasteiger partial charge is 0.218 e. The van der Waals surface area contributed by atoms with Crippen LogP contribution in [-0.4, -0.2) is 18.4 Å². The average molecular weight is 164 g/mol. The Balaban J connectivity index is 2.87. The summed E-state index contributed by atoms with van der Waals surface area (Å²) in [6.45, 7) is 1.95. The van der Waals surface area contributed by atoms with Gasteiger partial charge < -0.3 is 5.32 Å². The van der Waals surface area contributed by atoms with E-state index in [-0.39, 0.29) is 0 Å². The van der Waals surface area contributed by atoms with E-state index in [9.17, 15) is 4.79 Å². The maximum absolute atomic E-state index is 10.6. The van der Waals surface area contributed by atoms with Crippen LogP contribution in [0.2, 0.25) is 0 Å². The van der Waals surface area contributed by atoms with Crippen molar-refractivity contribution in [1.82, 2.24) is 10.2 Å². The van der Waals surface area contributed by atoms with Crippen molar-refractivity contribution in [3.05, 3.63) is 35.8 Å². The minimum atomic E-state index is 0.788. The van der Waals surface area contributed by atoms with Crippen molar-refractivity contribution in [3.63, 3.8) is 0 Å². The van der Waals surface area contributed by atoms with Gasteiger partial charge in [-0.1, -0.05) is 6.08 Å². The normalized spacial score (nSPS) is 19.3. The fourth-order valence-electron chi connectivity index (χ4n) is 1.00. The average Bonchev–Trinajstić information content (AvgIpc) is 2.08. The molecular formula is C9H12N2O. The molecule has 1 aliphatic heterocycles. The van der Waals surface area contributed by atoms with Crippen LogP contribution in [0.5, 0.6) is 0 Å². The fraction of sp³-hybridized carbons (Fsp3) is 0.222. The maximum Gasteiger partial charge on any atom is 0.218 e. The standard InChI is InChI=1S/C9H12N2O/c1-8-3-4-9(5-10-2)11(6-8)7-12/h3-7,10H,1-2H3/b9-5-. The number of carbonyl (C=O) groups is 1. The molecule has 12 heavy (non-hydrogen) atoms. The molecule has 0 spiro atoms. The van der Waals surface area contributed by atoms with Gasteiger partial charge >= 0.3 is 0 Å². The molecule has 0 unspecified atom stereocenters. The van der Waals surface area contributed by atoms with Crippen LogP contribution in [0.4, 0.5) is 0 Å². The molecule has 0 aliphatic carbocycles. The van der Waals surface area contributed by atoms with Crippen LogP contribution in [0.3, 0.4) is 0 Å². The van der Waals surface area contributed by atoms with Crippen molar-refractivity contribution < 1.29 is 4.79 Å². The first-order valence-corrected chi connectivity index (χ1v) is 3.75. The SMILES string of the molecule is CN/C=C1/C=CC(C)=CN1C=O. The zero-order chi connectivity index (χ0) is 8.97. The van der Waals surface area contributed by atoms with Gasteiger partial charge in [-0.2, -0.15) is 0 Å². The van der Waals surface area contributed by atoms with Crippen LogP contribution in [-0.2, 0) is 4.79 Å². The molecule has 3 heteroatoms. The van der Waals surface area contributed by atoms with Crippen molar-refractivity contribution in [1.29, 1.82) is 0 Å². The molecule has 1 heterocycles. The van der Waals surface area contributed by atoms with Crippen molar-refractivity contribution in [2.45, 2.75) is 6.92 Å².